The summed E-state index contributed by atoms with van der Waals surface area (Å²) in [6.45, 7) is 2.89. The molecule has 28 heavy (non-hydrogen) atoms. The Labute approximate surface area is 162 Å². The first kappa shape index (κ1) is 19.0. The number of halogens is 3. The van der Waals surface area contributed by atoms with Crippen LogP contribution in [0.3, 0.4) is 0 Å². The first-order chi connectivity index (χ1) is 13.3. The van der Waals surface area contributed by atoms with Gasteiger partial charge in [-0.3, -0.25) is 0 Å². The Morgan fingerprint density at radius 1 is 1.04 bits per heavy atom. The molecule has 1 N–H and O–H groups in total. The molecule has 6 heteroatoms. The molecule has 0 radical (unpaired) electrons. The molecule has 1 atom stereocenters. The summed E-state index contributed by atoms with van der Waals surface area (Å²) in [5, 5.41) is 11.7. The van der Waals surface area contributed by atoms with Gasteiger partial charge in [0.2, 0.25) is 0 Å². The fourth-order valence-electron chi connectivity index (χ4n) is 4.23. The Bertz CT molecular complexity index is 905. The van der Waals surface area contributed by atoms with Crippen molar-refractivity contribution in [1.29, 1.82) is 0 Å². The van der Waals surface area contributed by atoms with Gasteiger partial charge >= 0.3 is 6.18 Å². The Hall–Kier alpha value is -2.34. The summed E-state index contributed by atoms with van der Waals surface area (Å²) in [5.41, 5.74) is 0.421. The van der Waals surface area contributed by atoms with Gasteiger partial charge < -0.3 is 5.11 Å². The normalized spacial score (nSPS) is 23.0. The van der Waals surface area contributed by atoms with Crippen molar-refractivity contribution in [3.63, 3.8) is 0 Å². The molecule has 3 nitrogen and oxygen atoms in total. The van der Waals surface area contributed by atoms with E-state index < -0.39 is 17.5 Å². The number of benzene rings is 2. The number of hydrogen-bond acceptors (Lipinski definition) is 2. The first-order valence-corrected chi connectivity index (χ1v) is 9.67. The highest BCUT2D eigenvalue weighted by Crippen LogP contribution is 2.37. The topological polar surface area (TPSA) is 26.5 Å². The number of β-amino-alcohol motifs (C(OH)–C–C–N with tert-alkyl or cyclic N) is 1. The zero-order valence-corrected chi connectivity index (χ0v) is 15.8. The minimum atomic E-state index is -4.39. The fourth-order valence-corrected chi connectivity index (χ4v) is 4.23. The SMILES string of the molecule is Cc1ccc([C@]2(O)CN(c3cccc(C(F)(F)F)c3)C3=[N+]2CCCCC3)cc1. The van der Waals surface area contributed by atoms with Crippen LogP contribution >= 0.6 is 0 Å². The third-order valence-electron chi connectivity index (χ3n) is 5.73. The van der Waals surface area contributed by atoms with Crippen LogP contribution in [0.1, 0.15) is 42.4 Å². The van der Waals surface area contributed by atoms with E-state index in [0.717, 1.165) is 48.7 Å². The monoisotopic (exact) mass is 389 g/mol. The maximum Gasteiger partial charge on any atom is 0.416 e. The molecule has 0 saturated heterocycles. The van der Waals surface area contributed by atoms with Gasteiger partial charge in [0.1, 0.15) is 5.69 Å². The number of aliphatic hydroxyl groups is 1. The van der Waals surface area contributed by atoms with Crippen molar-refractivity contribution in [2.24, 2.45) is 0 Å². The number of rotatable bonds is 2. The van der Waals surface area contributed by atoms with Crippen LogP contribution in [0.4, 0.5) is 18.9 Å². The lowest BCUT2D eigenvalue weighted by Gasteiger charge is -2.23. The van der Waals surface area contributed by atoms with Gasteiger partial charge in [0.15, 0.2) is 6.54 Å². The Balaban J connectivity index is 1.80. The predicted molar refractivity (Wildman–Crippen MR) is 102 cm³/mol. The van der Waals surface area contributed by atoms with E-state index in [1.165, 1.54) is 12.1 Å². The van der Waals surface area contributed by atoms with E-state index in [4.69, 9.17) is 0 Å². The van der Waals surface area contributed by atoms with Crippen molar-refractivity contribution in [2.45, 2.75) is 44.5 Å². The highest BCUT2D eigenvalue weighted by atomic mass is 19.4. The molecular formula is C22H24F3N2O+. The van der Waals surface area contributed by atoms with E-state index in [-0.39, 0.29) is 6.54 Å². The highest BCUT2D eigenvalue weighted by Gasteiger charge is 2.52. The number of aryl methyl sites for hydroxylation is 1. The minimum absolute atomic E-state index is 0.215. The van der Waals surface area contributed by atoms with Crippen LogP contribution in [-0.2, 0) is 11.9 Å². The van der Waals surface area contributed by atoms with E-state index in [9.17, 15) is 18.3 Å². The molecule has 0 saturated carbocycles. The van der Waals surface area contributed by atoms with Gasteiger partial charge in [-0.15, -0.1) is 0 Å². The maximum atomic E-state index is 13.2. The van der Waals surface area contributed by atoms with Crippen molar-refractivity contribution in [2.75, 3.05) is 18.0 Å². The van der Waals surface area contributed by atoms with Gasteiger partial charge in [-0.05, 0) is 44.4 Å². The molecule has 2 aliphatic rings. The zero-order valence-electron chi connectivity index (χ0n) is 15.8. The fraction of sp³-hybridized carbons (Fsp3) is 0.409. The number of anilines is 1. The molecule has 4 rings (SSSR count). The number of amidine groups is 1. The zero-order chi connectivity index (χ0) is 19.9. The number of alkyl halides is 3. The molecule has 0 amide bonds. The minimum Gasteiger partial charge on any atom is -0.346 e. The third-order valence-corrected chi connectivity index (χ3v) is 5.73. The van der Waals surface area contributed by atoms with Crippen LogP contribution in [0.25, 0.3) is 0 Å². The summed E-state index contributed by atoms with van der Waals surface area (Å²) in [6, 6.07) is 13.1. The molecule has 2 aliphatic heterocycles. The molecule has 2 heterocycles. The van der Waals surface area contributed by atoms with E-state index in [2.05, 4.69) is 0 Å². The second-order valence-electron chi connectivity index (χ2n) is 7.70. The molecule has 0 bridgehead atoms. The van der Waals surface area contributed by atoms with Gasteiger partial charge in [0.25, 0.3) is 11.6 Å². The second-order valence-corrected chi connectivity index (χ2v) is 7.70. The molecule has 0 fully saturated rings. The highest BCUT2D eigenvalue weighted by molar-refractivity contribution is 5.96. The lowest BCUT2D eigenvalue weighted by molar-refractivity contribution is -0.658. The van der Waals surface area contributed by atoms with Gasteiger partial charge in [-0.2, -0.15) is 13.2 Å². The summed E-state index contributed by atoms with van der Waals surface area (Å²) in [4.78, 5) is 1.86. The van der Waals surface area contributed by atoms with Crippen LogP contribution in [0.2, 0.25) is 0 Å². The van der Waals surface area contributed by atoms with E-state index in [1.807, 2.05) is 40.7 Å². The Kier molecular flexibility index (Phi) is 4.70. The second kappa shape index (κ2) is 6.92. The molecule has 2 aromatic rings. The Morgan fingerprint density at radius 3 is 2.50 bits per heavy atom. The molecular weight excluding hydrogens is 365 g/mol. The van der Waals surface area contributed by atoms with Crippen LogP contribution in [0, 0.1) is 6.92 Å². The maximum absolute atomic E-state index is 13.2. The molecule has 0 spiro atoms. The van der Waals surface area contributed by atoms with Crippen molar-refractivity contribution in [3.8, 4) is 0 Å². The van der Waals surface area contributed by atoms with Crippen molar-refractivity contribution >= 4 is 11.5 Å². The lowest BCUT2D eigenvalue weighted by Crippen LogP contribution is -2.41. The van der Waals surface area contributed by atoms with Crippen LogP contribution in [0.15, 0.2) is 48.5 Å². The van der Waals surface area contributed by atoms with E-state index in [1.54, 1.807) is 6.07 Å². The van der Waals surface area contributed by atoms with Crippen LogP contribution < -0.4 is 4.90 Å². The number of hydrogen-bond donors (Lipinski definition) is 1. The summed E-state index contributed by atoms with van der Waals surface area (Å²) in [5.74, 6) is 0.903. The van der Waals surface area contributed by atoms with Gasteiger partial charge in [-0.1, -0.05) is 35.9 Å². The van der Waals surface area contributed by atoms with Crippen molar-refractivity contribution in [3.05, 3.63) is 65.2 Å². The average Bonchev–Trinajstić information content (AvgIpc) is 2.82. The number of nitrogens with zero attached hydrogens (tertiary/aromatic N) is 2. The van der Waals surface area contributed by atoms with Gasteiger partial charge in [0, 0.05) is 12.0 Å². The van der Waals surface area contributed by atoms with E-state index >= 15 is 0 Å². The Morgan fingerprint density at radius 2 is 1.79 bits per heavy atom. The molecule has 0 unspecified atom stereocenters. The molecule has 0 aliphatic carbocycles. The molecule has 0 aromatic heterocycles. The summed E-state index contributed by atoms with van der Waals surface area (Å²) in [6.07, 6.45) is -0.693. The van der Waals surface area contributed by atoms with E-state index in [0.29, 0.717) is 12.2 Å². The average molecular weight is 389 g/mol. The van der Waals surface area contributed by atoms with Crippen LogP contribution in [0.5, 0.6) is 0 Å². The summed E-state index contributed by atoms with van der Waals surface area (Å²) in [7, 11) is 0. The molecule has 2 aromatic carbocycles. The van der Waals surface area contributed by atoms with Crippen molar-refractivity contribution < 1.29 is 22.9 Å². The summed E-state index contributed by atoms with van der Waals surface area (Å²) < 4.78 is 41.7. The first-order valence-electron chi connectivity index (χ1n) is 9.67. The van der Waals surface area contributed by atoms with Gasteiger partial charge in [0.05, 0.1) is 12.1 Å². The van der Waals surface area contributed by atoms with Gasteiger partial charge in [-0.25, -0.2) is 9.48 Å². The quantitative estimate of drug-likeness (QED) is 0.756. The predicted octanol–water partition coefficient (Wildman–Crippen LogP) is 4.66. The third kappa shape index (κ3) is 3.30. The lowest BCUT2D eigenvalue weighted by atomic mass is 10.0. The standard InChI is InChI=1S/C22H24F3N2O/c1-16-9-11-17(12-10-16)21(28)15-26(20-8-3-2-4-13-27(20)21)19-7-5-6-18(14-19)22(23,24)25/h5-7,9-12,14,28H,2-4,8,13,15H2,1H3/q+1/t21-/m1/s1. The molecule has 148 valence electrons. The van der Waals surface area contributed by atoms with Crippen molar-refractivity contribution in [1.82, 2.24) is 0 Å². The largest absolute Gasteiger partial charge is 0.416 e. The van der Waals surface area contributed by atoms with Crippen LogP contribution in [-0.4, -0.2) is 28.6 Å². The summed E-state index contributed by atoms with van der Waals surface area (Å²) >= 11 is 0. The smallest absolute Gasteiger partial charge is 0.346 e.